The average Bonchev–Trinajstić information content (AvgIpc) is 3.10. The highest BCUT2D eigenvalue weighted by atomic mass is 127. The van der Waals surface area contributed by atoms with Crippen LogP contribution >= 0.6 is 38.5 Å². The zero-order valence-corrected chi connectivity index (χ0v) is 14.2. The Kier molecular flexibility index (Phi) is 4.69. The molecule has 0 atom stereocenters. The number of benzene rings is 1. The van der Waals surface area contributed by atoms with Gasteiger partial charge in [0.1, 0.15) is 0 Å². The second-order valence-corrected chi connectivity index (χ2v) is 7.13. The Morgan fingerprint density at radius 3 is 2.83 bits per heavy atom. The molecule has 18 heavy (non-hydrogen) atoms. The summed E-state index contributed by atoms with van der Waals surface area (Å²) in [7, 11) is 0. The smallest absolute Gasteiger partial charge is 0.252 e. The van der Waals surface area contributed by atoms with Crippen molar-refractivity contribution in [2.45, 2.75) is 32.6 Å². The maximum atomic E-state index is 12.2. The van der Waals surface area contributed by atoms with Gasteiger partial charge in [0.2, 0.25) is 0 Å². The molecule has 1 aliphatic rings. The van der Waals surface area contributed by atoms with Gasteiger partial charge in [-0.05, 0) is 65.5 Å². The Morgan fingerprint density at radius 1 is 1.50 bits per heavy atom. The van der Waals surface area contributed by atoms with E-state index in [1.165, 1.54) is 25.7 Å². The summed E-state index contributed by atoms with van der Waals surface area (Å²) < 4.78 is 1.94. The van der Waals surface area contributed by atoms with E-state index in [0.29, 0.717) is 5.41 Å². The molecule has 4 heteroatoms. The summed E-state index contributed by atoms with van der Waals surface area (Å²) in [6.07, 6.45) is 4.94. The fourth-order valence-corrected chi connectivity index (χ4v) is 3.20. The summed E-state index contributed by atoms with van der Waals surface area (Å²) in [5.41, 5.74) is 1.17. The van der Waals surface area contributed by atoms with Crippen molar-refractivity contribution in [3.63, 3.8) is 0 Å². The van der Waals surface area contributed by atoms with E-state index >= 15 is 0 Å². The van der Waals surface area contributed by atoms with E-state index in [-0.39, 0.29) is 5.91 Å². The molecule has 0 spiro atoms. The third-order valence-corrected chi connectivity index (χ3v) is 4.97. The third kappa shape index (κ3) is 3.47. The lowest BCUT2D eigenvalue weighted by atomic mass is 10.0. The number of rotatable bonds is 5. The minimum absolute atomic E-state index is 0.0445. The van der Waals surface area contributed by atoms with Crippen LogP contribution in [0.15, 0.2) is 22.7 Å². The van der Waals surface area contributed by atoms with Crippen molar-refractivity contribution in [1.29, 1.82) is 0 Å². The first-order chi connectivity index (χ1) is 8.56. The van der Waals surface area contributed by atoms with Crippen LogP contribution < -0.4 is 5.32 Å². The van der Waals surface area contributed by atoms with Crippen LogP contribution in [0.1, 0.15) is 43.0 Å². The Bertz CT molecular complexity index is 457. The van der Waals surface area contributed by atoms with Crippen LogP contribution in [0.3, 0.4) is 0 Å². The Morgan fingerprint density at radius 2 is 2.22 bits per heavy atom. The number of hydrogen-bond acceptors (Lipinski definition) is 1. The largest absolute Gasteiger partial charge is 0.351 e. The normalized spacial score (nSPS) is 16.4. The molecule has 1 fully saturated rings. The van der Waals surface area contributed by atoms with Crippen LogP contribution in [0.5, 0.6) is 0 Å². The molecule has 1 amide bonds. The number of carbonyl (C=O) groups is 1. The van der Waals surface area contributed by atoms with E-state index in [1.807, 2.05) is 18.2 Å². The number of nitrogens with one attached hydrogen (secondary N) is 1. The fraction of sp³-hybridized carbons (Fsp3) is 0.500. The highest BCUT2D eigenvalue weighted by Gasteiger charge is 2.41. The van der Waals surface area contributed by atoms with Gasteiger partial charge in [-0.15, -0.1) is 0 Å². The lowest BCUT2D eigenvalue weighted by Gasteiger charge is -2.15. The summed E-state index contributed by atoms with van der Waals surface area (Å²) in [6, 6.07) is 5.80. The molecule has 1 aliphatic carbocycles. The van der Waals surface area contributed by atoms with Crippen LogP contribution in [0.25, 0.3) is 0 Å². The molecule has 1 aromatic carbocycles. The van der Waals surface area contributed by atoms with Gasteiger partial charge in [-0.25, -0.2) is 0 Å². The minimum atomic E-state index is 0.0445. The highest BCUT2D eigenvalue weighted by molar-refractivity contribution is 14.1. The summed E-state index contributed by atoms with van der Waals surface area (Å²) in [6.45, 7) is 3.03. The van der Waals surface area contributed by atoms with Crippen LogP contribution in [0, 0.1) is 8.99 Å². The van der Waals surface area contributed by atoms with Crippen molar-refractivity contribution in [3.05, 3.63) is 31.8 Å². The molecule has 98 valence electrons. The Labute approximate surface area is 130 Å². The lowest BCUT2D eigenvalue weighted by molar-refractivity contribution is 0.0943. The zero-order valence-electron chi connectivity index (χ0n) is 10.4. The van der Waals surface area contributed by atoms with Gasteiger partial charge in [-0.2, -0.15) is 0 Å². The predicted octanol–water partition coefficient (Wildman–Crippen LogP) is 4.36. The van der Waals surface area contributed by atoms with Crippen molar-refractivity contribution < 1.29 is 4.79 Å². The molecule has 2 rings (SSSR count). The number of amides is 1. The highest BCUT2D eigenvalue weighted by Crippen LogP contribution is 2.48. The second kappa shape index (κ2) is 5.90. The van der Waals surface area contributed by atoms with E-state index in [9.17, 15) is 4.79 Å². The lowest BCUT2D eigenvalue weighted by Crippen LogP contribution is -2.30. The van der Waals surface area contributed by atoms with E-state index in [1.54, 1.807) is 0 Å². The molecular weight excluding hydrogens is 405 g/mol. The fourth-order valence-electron chi connectivity index (χ4n) is 2.26. The van der Waals surface area contributed by atoms with Gasteiger partial charge in [0, 0.05) is 14.6 Å². The van der Waals surface area contributed by atoms with Gasteiger partial charge in [0.15, 0.2) is 0 Å². The van der Waals surface area contributed by atoms with Crippen molar-refractivity contribution in [1.82, 2.24) is 5.32 Å². The predicted molar refractivity (Wildman–Crippen MR) is 85.8 cm³/mol. The molecule has 1 N–H and O–H groups in total. The molecule has 0 aliphatic heterocycles. The monoisotopic (exact) mass is 421 g/mol. The van der Waals surface area contributed by atoms with Gasteiger partial charge >= 0.3 is 0 Å². The Hall–Kier alpha value is -0.100. The van der Waals surface area contributed by atoms with Gasteiger partial charge in [-0.1, -0.05) is 29.3 Å². The maximum Gasteiger partial charge on any atom is 0.252 e. The molecule has 1 saturated carbocycles. The van der Waals surface area contributed by atoms with Crippen molar-refractivity contribution in [2.75, 3.05) is 6.54 Å². The summed E-state index contributed by atoms with van der Waals surface area (Å²) in [5, 5.41) is 3.09. The van der Waals surface area contributed by atoms with Crippen molar-refractivity contribution >= 4 is 44.4 Å². The molecule has 0 aromatic heterocycles. The van der Waals surface area contributed by atoms with Gasteiger partial charge in [-0.3, -0.25) is 4.79 Å². The number of carbonyl (C=O) groups excluding carboxylic acids is 1. The molecule has 0 heterocycles. The van der Waals surface area contributed by atoms with Crippen LogP contribution in [0.4, 0.5) is 0 Å². The van der Waals surface area contributed by atoms with Gasteiger partial charge in [0.05, 0.1) is 5.56 Å². The Balaban J connectivity index is 1.98. The molecule has 0 radical (unpaired) electrons. The number of hydrogen-bond donors (Lipinski definition) is 1. The van der Waals surface area contributed by atoms with E-state index in [2.05, 4.69) is 50.8 Å². The quantitative estimate of drug-likeness (QED) is 0.703. The first kappa shape index (κ1) is 14.3. The summed E-state index contributed by atoms with van der Waals surface area (Å²) in [5.74, 6) is 0.0445. The molecule has 2 nitrogen and oxygen atoms in total. The maximum absolute atomic E-state index is 12.2. The first-order valence-corrected chi connectivity index (χ1v) is 8.17. The van der Waals surface area contributed by atoms with Crippen molar-refractivity contribution in [2.24, 2.45) is 5.41 Å². The molecular formula is C14H17BrINO. The van der Waals surface area contributed by atoms with E-state index < -0.39 is 0 Å². The first-order valence-electron chi connectivity index (χ1n) is 6.29. The molecule has 0 saturated heterocycles. The third-order valence-electron chi connectivity index (χ3n) is 3.53. The molecule has 0 unspecified atom stereocenters. The molecule has 1 aromatic rings. The van der Waals surface area contributed by atoms with E-state index in [0.717, 1.165) is 20.2 Å². The second-order valence-electron chi connectivity index (χ2n) is 5.06. The standard InChI is InChI=1S/C14H17BrINO/c1-2-5-14(6-7-14)9-17-13(18)11-8-10(15)3-4-12(11)16/h3-4,8H,2,5-7,9H2,1H3,(H,17,18). The SMILES string of the molecule is CCCC1(CNC(=O)c2cc(Br)ccc2I)CC1. The summed E-state index contributed by atoms with van der Waals surface area (Å²) in [4.78, 5) is 12.2. The van der Waals surface area contributed by atoms with Crippen LogP contribution in [-0.2, 0) is 0 Å². The summed E-state index contributed by atoms with van der Waals surface area (Å²) >= 11 is 5.61. The van der Waals surface area contributed by atoms with Gasteiger partial charge < -0.3 is 5.32 Å². The average molecular weight is 422 g/mol. The zero-order chi connectivity index (χ0) is 13.2. The van der Waals surface area contributed by atoms with Crippen LogP contribution in [0.2, 0.25) is 0 Å². The minimum Gasteiger partial charge on any atom is -0.351 e. The van der Waals surface area contributed by atoms with Crippen LogP contribution in [-0.4, -0.2) is 12.5 Å². The number of halogens is 2. The topological polar surface area (TPSA) is 29.1 Å². The van der Waals surface area contributed by atoms with Crippen molar-refractivity contribution in [3.8, 4) is 0 Å². The van der Waals surface area contributed by atoms with E-state index in [4.69, 9.17) is 0 Å². The van der Waals surface area contributed by atoms with Gasteiger partial charge in [0.25, 0.3) is 5.91 Å². The molecule has 0 bridgehead atoms.